The average molecular weight is 348 g/mol. The Morgan fingerprint density at radius 3 is 2.46 bits per heavy atom. The minimum absolute atomic E-state index is 0.100. The van der Waals surface area contributed by atoms with E-state index < -0.39 is 0 Å². The Morgan fingerprint density at radius 2 is 1.83 bits per heavy atom. The van der Waals surface area contributed by atoms with Gasteiger partial charge in [0.2, 0.25) is 0 Å². The lowest BCUT2D eigenvalue weighted by Crippen LogP contribution is -2.16. The van der Waals surface area contributed by atoms with Gasteiger partial charge in [-0.2, -0.15) is 0 Å². The number of halogens is 1. The molecule has 1 unspecified atom stereocenters. The number of hydrogen-bond acceptors (Lipinski definition) is 3. The molecule has 4 heteroatoms. The highest BCUT2D eigenvalue weighted by molar-refractivity contribution is 6.32. The van der Waals surface area contributed by atoms with Crippen LogP contribution in [-0.2, 0) is 6.42 Å². The van der Waals surface area contributed by atoms with E-state index in [0.717, 1.165) is 29.0 Å². The van der Waals surface area contributed by atoms with Crippen LogP contribution in [0.25, 0.3) is 0 Å². The van der Waals surface area contributed by atoms with E-state index >= 15 is 0 Å². The van der Waals surface area contributed by atoms with Gasteiger partial charge in [0.1, 0.15) is 11.5 Å². The molecule has 0 saturated carbocycles. The Bertz CT molecular complexity index is 658. The van der Waals surface area contributed by atoms with Crippen LogP contribution in [0.3, 0.4) is 0 Å². The summed E-state index contributed by atoms with van der Waals surface area (Å²) in [6.45, 7) is 7.15. The normalized spacial score (nSPS) is 12.2. The number of nitrogens with two attached hydrogens (primary N) is 1. The summed E-state index contributed by atoms with van der Waals surface area (Å²) < 4.78 is 11.4. The number of ether oxygens (including phenoxy) is 2. The summed E-state index contributed by atoms with van der Waals surface area (Å²) in [5.74, 6) is 1.80. The standard InChI is InChI=1S/C20H26ClNO2/c1-4-23-19-8-6-5-7-17(19)16(13-22)11-15-9-10-20(18(21)12-15)24-14(2)3/h5-10,12,14,16H,4,11,13,22H2,1-3H3. The van der Waals surface area contributed by atoms with Crippen LogP contribution in [0.15, 0.2) is 42.5 Å². The van der Waals surface area contributed by atoms with Crippen molar-refractivity contribution in [1.82, 2.24) is 0 Å². The summed E-state index contributed by atoms with van der Waals surface area (Å²) in [5.41, 5.74) is 8.31. The SMILES string of the molecule is CCOc1ccccc1C(CN)Cc1ccc(OC(C)C)c(Cl)c1. The van der Waals surface area contributed by atoms with Crippen molar-refractivity contribution < 1.29 is 9.47 Å². The number of rotatable bonds is 8. The van der Waals surface area contributed by atoms with Gasteiger partial charge in [0.05, 0.1) is 17.7 Å². The predicted octanol–water partition coefficient (Wildman–Crippen LogP) is 4.81. The van der Waals surface area contributed by atoms with Gasteiger partial charge in [0.15, 0.2) is 0 Å². The van der Waals surface area contributed by atoms with E-state index in [4.69, 9.17) is 26.8 Å². The van der Waals surface area contributed by atoms with E-state index in [2.05, 4.69) is 12.1 Å². The molecule has 0 saturated heterocycles. The Hall–Kier alpha value is -1.71. The quantitative estimate of drug-likeness (QED) is 0.745. The zero-order valence-corrected chi connectivity index (χ0v) is 15.3. The molecule has 2 aromatic rings. The monoisotopic (exact) mass is 347 g/mol. The third-order valence-corrected chi connectivity index (χ3v) is 4.08. The number of benzene rings is 2. The smallest absolute Gasteiger partial charge is 0.138 e. The summed E-state index contributed by atoms with van der Waals surface area (Å²) in [5, 5.41) is 0.634. The van der Waals surface area contributed by atoms with Crippen molar-refractivity contribution in [2.45, 2.75) is 39.2 Å². The molecule has 1 atom stereocenters. The van der Waals surface area contributed by atoms with Crippen LogP contribution in [-0.4, -0.2) is 19.3 Å². The molecule has 0 fully saturated rings. The zero-order chi connectivity index (χ0) is 17.5. The van der Waals surface area contributed by atoms with Gasteiger partial charge in [-0.25, -0.2) is 0 Å². The fourth-order valence-electron chi connectivity index (χ4n) is 2.73. The number of para-hydroxylation sites is 1. The maximum atomic E-state index is 6.35. The third kappa shape index (κ3) is 4.89. The highest BCUT2D eigenvalue weighted by Crippen LogP contribution is 2.32. The maximum absolute atomic E-state index is 6.35. The second-order valence-corrected chi connectivity index (χ2v) is 6.45. The molecule has 0 aromatic heterocycles. The van der Waals surface area contributed by atoms with Crippen molar-refractivity contribution in [3.8, 4) is 11.5 Å². The summed E-state index contributed by atoms with van der Waals surface area (Å²) >= 11 is 6.35. The molecule has 3 nitrogen and oxygen atoms in total. The molecule has 0 aliphatic carbocycles. The van der Waals surface area contributed by atoms with Gasteiger partial charge in [0, 0.05) is 5.92 Å². The van der Waals surface area contributed by atoms with E-state index in [1.807, 2.05) is 51.1 Å². The minimum atomic E-state index is 0.100. The molecular formula is C20H26ClNO2. The summed E-state index contributed by atoms with van der Waals surface area (Å²) in [6.07, 6.45) is 0.908. The Balaban J connectivity index is 2.20. The van der Waals surface area contributed by atoms with Gasteiger partial charge in [-0.15, -0.1) is 0 Å². The third-order valence-electron chi connectivity index (χ3n) is 3.78. The summed E-state index contributed by atoms with van der Waals surface area (Å²) in [7, 11) is 0. The van der Waals surface area contributed by atoms with Crippen molar-refractivity contribution >= 4 is 11.6 Å². The lowest BCUT2D eigenvalue weighted by atomic mass is 9.91. The molecule has 2 rings (SSSR count). The van der Waals surface area contributed by atoms with Crippen LogP contribution in [0.1, 0.15) is 37.8 Å². The predicted molar refractivity (Wildman–Crippen MR) is 100 cm³/mol. The van der Waals surface area contributed by atoms with Crippen LogP contribution in [0.2, 0.25) is 5.02 Å². The Labute approximate surface area is 149 Å². The number of hydrogen-bond donors (Lipinski definition) is 1. The van der Waals surface area contributed by atoms with Gasteiger partial charge in [0.25, 0.3) is 0 Å². The van der Waals surface area contributed by atoms with Crippen LogP contribution in [0.5, 0.6) is 11.5 Å². The molecule has 24 heavy (non-hydrogen) atoms. The van der Waals surface area contributed by atoms with Crippen LogP contribution >= 0.6 is 11.6 Å². The second-order valence-electron chi connectivity index (χ2n) is 6.04. The first-order valence-corrected chi connectivity index (χ1v) is 8.79. The second kappa shape index (κ2) is 8.95. The molecule has 0 heterocycles. The molecule has 0 radical (unpaired) electrons. The van der Waals surface area contributed by atoms with Gasteiger partial charge in [-0.1, -0.05) is 35.9 Å². The van der Waals surface area contributed by atoms with Gasteiger partial charge in [-0.3, -0.25) is 0 Å². The van der Waals surface area contributed by atoms with E-state index in [1.165, 1.54) is 0 Å². The largest absolute Gasteiger partial charge is 0.494 e. The average Bonchev–Trinajstić information content (AvgIpc) is 2.56. The minimum Gasteiger partial charge on any atom is -0.494 e. The highest BCUT2D eigenvalue weighted by atomic mass is 35.5. The van der Waals surface area contributed by atoms with Crippen molar-refractivity contribution in [2.75, 3.05) is 13.2 Å². The molecule has 2 aromatic carbocycles. The first kappa shape index (κ1) is 18.6. The van der Waals surface area contributed by atoms with Gasteiger partial charge >= 0.3 is 0 Å². The van der Waals surface area contributed by atoms with E-state index in [1.54, 1.807) is 0 Å². The lowest BCUT2D eigenvalue weighted by Gasteiger charge is -2.19. The molecule has 0 spiro atoms. The first-order valence-electron chi connectivity index (χ1n) is 8.42. The summed E-state index contributed by atoms with van der Waals surface area (Å²) in [4.78, 5) is 0. The molecule has 0 aliphatic rings. The van der Waals surface area contributed by atoms with E-state index in [0.29, 0.717) is 18.2 Å². The molecule has 2 N–H and O–H groups in total. The Kier molecular flexibility index (Phi) is 6.95. The van der Waals surface area contributed by atoms with Crippen molar-refractivity contribution in [3.63, 3.8) is 0 Å². The molecular weight excluding hydrogens is 322 g/mol. The maximum Gasteiger partial charge on any atom is 0.138 e. The van der Waals surface area contributed by atoms with Crippen molar-refractivity contribution in [1.29, 1.82) is 0 Å². The van der Waals surface area contributed by atoms with Crippen LogP contribution < -0.4 is 15.2 Å². The van der Waals surface area contributed by atoms with E-state index in [9.17, 15) is 0 Å². The topological polar surface area (TPSA) is 44.5 Å². The van der Waals surface area contributed by atoms with Gasteiger partial charge in [-0.05, 0) is 63.1 Å². The van der Waals surface area contributed by atoms with Gasteiger partial charge < -0.3 is 15.2 Å². The van der Waals surface area contributed by atoms with Crippen LogP contribution in [0.4, 0.5) is 0 Å². The lowest BCUT2D eigenvalue weighted by molar-refractivity contribution is 0.242. The molecule has 130 valence electrons. The zero-order valence-electron chi connectivity index (χ0n) is 14.6. The van der Waals surface area contributed by atoms with E-state index in [-0.39, 0.29) is 12.0 Å². The highest BCUT2D eigenvalue weighted by Gasteiger charge is 2.16. The van der Waals surface area contributed by atoms with Crippen LogP contribution in [0, 0.1) is 0 Å². The fourth-order valence-corrected chi connectivity index (χ4v) is 2.98. The van der Waals surface area contributed by atoms with Crippen molar-refractivity contribution in [2.24, 2.45) is 5.73 Å². The molecule has 0 amide bonds. The molecule has 0 bridgehead atoms. The summed E-state index contributed by atoms with van der Waals surface area (Å²) in [6, 6.07) is 14.0. The first-order chi connectivity index (χ1) is 11.5. The molecule has 0 aliphatic heterocycles. The Morgan fingerprint density at radius 1 is 1.08 bits per heavy atom. The fraction of sp³-hybridized carbons (Fsp3) is 0.400. The van der Waals surface area contributed by atoms with Crippen molar-refractivity contribution in [3.05, 3.63) is 58.6 Å².